The van der Waals surface area contributed by atoms with Crippen LogP contribution in [0.1, 0.15) is 51.9 Å². The molecule has 0 radical (unpaired) electrons. The Bertz CT molecular complexity index is 160. The Morgan fingerprint density at radius 1 is 1.14 bits per heavy atom. The molecule has 1 aliphatic heterocycles. The Morgan fingerprint density at radius 3 is 2.36 bits per heavy atom. The molecule has 82 valence electrons. The normalized spacial score (nSPS) is 26.4. The van der Waals surface area contributed by atoms with Crippen LogP contribution in [0.15, 0.2) is 0 Å². The molecule has 2 nitrogen and oxygen atoms in total. The highest BCUT2D eigenvalue weighted by Gasteiger charge is 2.24. The lowest BCUT2D eigenvalue weighted by atomic mass is 9.93. The van der Waals surface area contributed by atoms with Crippen LogP contribution in [0.2, 0.25) is 0 Å². The van der Waals surface area contributed by atoms with Gasteiger partial charge < -0.3 is 0 Å². The van der Waals surface area contributed by atoms with E-state index in [9.17, 15) is 0 Å². The number of nitrogens with zero attached hydrogens (tertiary/aromatic N) is 1. The van der Waals surface area contributed by atoms with E-state index >= 15 is 0 Å². The standard InChI is InChI=1S/C12H23NO/c1-2-4-11-7-9-13(10-8-11)14-12-5-3-6-12/h11-12H,2-10H2,1H3. The third-order valence-corrected chi connectivity index (χ3v) is 3.62. The molecule has 2 rings (SSSR count). The van der Waals surface area contributed by atoms with Gasteiger partial charge in [0.25, 0.3) is 0 Å². The van der Waals surface area contributed by atoms with Gasteiger partial charge >= 0.3 is 0 Å². The molecule has 0 N–H and O–H groups in total. The fraction of sp³-hybridized carbons (Fsp3) is 1.00. The minimum absolute atomic E-state index is 0.567. The van der Waals surface area contributed by atoms with Crippen molar-refractivity contribution in [2.45, 2.75) is 58.0 Å². The van der Waals surface area contributed by atoms with Crippen molar-refractivity contribution < 1.29 is 4.84 Å². The average Bonchev–Trinajstić information content (AvgIpc) is 2.14. The summed E-state index contributed by atoms with van der Waals surface area (Å²) in [5, 5.41) is 2.22. The smallest absolute Gasteiger partial charge is 0.0793 e. The van der Waals surface area contributed by atoms with Gasteiger partial charge in [-0.2, -0.15) is 5.06 Å². The summed E-state index contributed by atoms with van der Waals surface area (Å²) in [7, 11) is 0. The van der Waals surface area contributed by atoms with Gasteiger partial charge in [-0.1, -0.05) is 19.8 Å². The Morgan fingerprint density at radius 2 is 1.86 bits per heavy atom. The van der Waals surface area contributed by atoms with Gasteiger partial charge in [-0.05, 0) is 38.0 Å². The molecule has 0 amide bonds. The molecule has 0 aromatic rings. The monoisotopic (exact) mass is 197 g/mol. The van der Waals surface area contributed by atoms with Gasteiger partial charge in [0.1, 0.15) is 0 Å². The molecular formula is C12H23NO. The molecule has 0 spiro atoms. The van der Waals surface area contributed by atoms with Crippen LogP contribution in [0, 0.1) is 5.92 Å². The topological polar surface area (TPSA) is 12.5 Å². The van der Waals surface area contributed by atoms with Gasteiger partial charge in [-0.3, -0.25) is 4.84 Å². The van der Waals surface area contributed by atoms with Crippen molar-refractivity contribution in [2.24, 2.45) is 5.92 Å². The van der Waals surface area contributed by atoms with E-state index in [1.54, 1.807) is 0 Å². The first-order valence-corrected chi connectivity index (χ1v) is 6.30. The Hall–Kier alpha value is -0.0800. The first-order valence-electron chi connectivity index (χ1n) is 6.30. The van der Waals surface area contributed by atoms with E-state index in [2.05, 4.69) is 12.0 Å². The molecule has 1 aliphatic carbocycles. The van der Waals surface area contributed by atoms with Crippen molar-refractivity contribution in [3.8, 4) is 0 Å². The summed E-state index contributed by atoms with van der Waals surface area (Å²) in [5.74, 6) is 0.973. The van der Waals surface area contributed by atoms with E-state index in [-0.39, 0.29) is 0 Å². The van der Waals surface area contributed by atoms with Crippen LogP contribution in [0.4, 0.5) is 0 Å². The Balaban J connectivity index is 1.62. The third-order valence-electron chi connectivity index (χ3n) is 3.62. The number of piperidine rings is 1. The average molecular weight is 197 g/mol. The predicted molar refractivity (Wildman–Crippen MR) is 57.9 cm³/mol. The molecular weight excluding hydrogens is 174 g/mol. The van der Waals surface area contributed by atoms with Crippen LogP contribution < -0.4 is 0 Å². The summed E-state index contributed by atoms with van der Waals surface area (Å²) in [6.07, 6.45) is 9.96. The van der Waals surface area contributed by atoms with E-state index in [1.807, 2.05) is 0 Å². The lowest BCUT2D eigenvalue weighted by molar-refractivity contribution is -0.227. The molecule has 14 heavy (non-hydrogen) atoms. The third kappa shape index (κ3) is 2.71. The van der Waals surface area contributed by atoms with Crippen molar-refractivity contribution in [1.82, 2.24) is 5.06 Å². The fourth-order valence-corrected chi connectivity index (χ4v) is 2.40. The first kappa shape index (κ1) is 10.4. The largest absolute Gasteiger partial charge is 0.296 e. The molecule has 0 aromatic heterocycles. The van der Waals surface area contributed by atoms with E-state index in [0.29, 0.717) is 6.10 Å². The zero-order valence-corrected chi connectivity index (χ0v) is 9.37. The second-order valence-electron chi connectivity index (χ2n) is 4.82. The maximum atomic E-state index is 5.89. The predicted octanol–water partition coefficient (Wildman–Crippen LogP) is 2.98. The summed E-state index contributed by atoms with van der Waals surface area (Å²) < 4.78 is 0. The molecule has 2 fully saturated rings. The molecule has 0 atom stereocenters. The summed E-state index contributed by atoms with van der Waals surface area (Å²) in [6.45, 7) is 4.62. The van der Waals surface area contributed by atoms with Crippen LogP contribution in [0.25, 0.3) is 0 Å². The second kappa shape index (κ2) is 5.13. The van der Waals surface area contributed by atoms with Gasteiger partial charge in [0.2, 0.25) is 0 Å². The molecule has 0 bridgehead atoms. The summed E-state index contributed by atoms with van der Waals surface area (Å²) in [5.41, 5.74) is 0. The van der Waals surface area contributed by atoms with Crippen LogP contribution in [-0.2, 0) is 4.84 Å². The van der Waals surface area contributed by atoms with Gasteiger partial charge in [0.05, 0.1) is 6.10 Å². The van der Waals surface area contributed by atoms with Crippen molar-refractivity contribution in [2.75, 3.05) is 13.1 Å². The molecule has 2 heteroatoms. The first-order chi connectivity index (χ1) is 6.88. The van der Waals surface area contributed by atoms with Gasteiger partial charge in [-0.15, -0.1) is 0 Å². The summed E-state index contributed by atoms with van der Waals surface area (Å²) in [4.78, 5) is 5.89. The van der Waals surface area contributed by atoms with Gasteiger partial charge in [0.15, 0.2) is 0 Å². The van der Waals surface area contributed by atoms with E-state index in [4.69, 9.17) is 4.84 Å². The maximum absolute atomic E-state index is 5.89. The zero-order valence-electron chi connectivity index (χ0n) is 9.37. The molecule has 1 saturated carbocycles. The number of hydrogen-bond donors (Lipinski definition) is 0. The highest BCUT2D eigenvalue weighted by Crippen LogP contribution is 2.27. The van der Waals surface area contributed by atoms with E-state index in [0.717, 1.165) is 5.92 Å². The van der Waals surface area contributed by atoms with E-state index in [1.165, 1.54) is 58.0 Å². The number of hydroxylamine groups is 2. The lowest BCUT2D eigenvalue weighted by Gasteiger charge is -2.36. The Labute approximate surface area is 87.6 Å². The van der Waals surface area contributed by atoms with Crippen LogP contribution in [0.3, 0.4) is 0 Å². The molecule has 2 aliphatic rings. The van der Waals surface area contributed by atoms with Crippen LogP contribution in [-0.4, -0.2) is 24.3 Å². The van der Waals surface area contributed by atoms with Crippen molar-refractivity contribution in [3.63, 3.8) is 0 Å². The lowest BCUT2D eigenvalue weighted by Crippen LogP contribution is -2.39. The van der Waals surface area contributed by atoms with Crippen molar-refractivity contribution in [1.29, 1.82) is 0 Å². The van der Waals surface area contributed by atoms with Gasteiger partial charge in [-0.25, -0.2) is 0 Å². The maximum Gasteiger partial charge on any atom is 0.0793 e. The minimum Gasteiger partial charge on any atom is -0.296 e. The van der Waals surface area contributed by atoms with Crippen molar-refractivity contribution in [3.05, 3.63) is 0 Å². The van der Waals surface area contributed by atoms with Crippen LogP contribution >= 0.6 is 0 Å². The van der Waals surface area contributed by atoms with Crippen molar-refractivity contribution >= 4 is 0 Å². The van der Waals surface area contributed by atoms with Gasteiger partial charge in [0, 0.05) is 13.1 Å². The highest BCUT2D eigenvalue weighted by molar-refractivity contribution is 4.72. The molecule has 0 unspecified atom stereocenters. The highest BCUT2D eigenvalue weighted by atomic mass is 16.7. The number of hydrogen-bond acceptors (Lipinski definition) is 2. The Kier molecular flexibility index (Phi) is 3.82. The molecule has 1 saturated heterocycles. The molecule has 1 heterocycles. The zero-order chi connectivity index (χ0) is 9.80. The molecule has 0 aromatic carbocycles. The SMILES string of the molecule is CCCC1CCN(OC2CCC2)CC1. The quantitative estimate of drug-likeness (QED) is 0.687. The van der Waals surface area contributed by atoms with E-state index < -0.39 is 0 Å². The fourth-order valence-electron chi connectivity index (χ4n) is 2.40. The minimum atomic E-state index is 0.567. The van der Waals surface area contributed by atoms with Crippen LogP contribution in [0.5, 0.6) is 0 Å². The summed E-state index contributed by atoms with van der Waals surface area (Å²) in [6, 6.07) is 0. The second-order valence-corrected chi connectivity index (χ2v) is 4.82. The summed E-state index contributed by atoms with van der Waals surface area (Å²) >= 11 is 0. The number of rotatable bonds is 4.